The topological polar surface area (TPSA) is 47.3 Å². The number of hydrogen-bond donors (Lipinski definition) is 0. The Morgan fingerprint density at radius 1 is 1.00 bits per heavy atom. The van der Waals surface area contributed by atoms with Crippen LogP contribution in [0.5, 0.6) is 0 Å². The highest BCUT2D eigenvalue weighted by Gasteiger charge is 2.27. The summed E-state index contributed by atoms with van der Waals surface area (Å²) in [7, 11) is 0. The maximum absolute atomic E-state index is 12.6. The van der Waals surface area contributed by atoms with Gasteiger partial charge in [-0.1, -0.05) is 41.4 Å². The molecule has 1 unspecified atom stereocenters. The molecule has 1 fully saturated rings. The molecular formula is C19H17Cl2N3O. The van der Waals surface area contributed by atoms with Gasteiger partial charge in [0.1, 0.15) is 6.04 Å². The Kier molecular flexibility index (Phi) is 5.60. The largest absolute Gasteiger partial charge is 0.336 e. The molecule has 4 nitrogen and oxygen atoms in total. The van der Waals surface area contributed by atoms with Gasteiger partial charge < -0.3 is 4.90 Å². The molecule has 2 aromatic rings. The highest BCUT2D eigenvalue weighted by molar-refractivity contribution is 6.31. The van der Waals surface area contributed by atoms with Gasteiger partial charge in [-0.2, -0.15) is 5.26 Å². The molecule has 25 heavy (non-hydrogen) atoms. The number of benzene rings is 2. The summed E-state index contributed by atoms with van der Waals surface area (Å²) in [5, 5.41) is 10.8. The first kappa shape index (κ1) is 17.8. The second-order valence-corrected chi connectivity index (χ2v) is 6.79. The van der Waals surface area contributed by atoms with Gasteiger partial charge in [0.15, 0.2) is 0 Å². The zero-order valence-electron chi connectivity index (χ0n) is 13.5. The summed E-state index contributed by atoms with van der Waals surface area (Å²) in [5.74, 6) is -0.0258. The molecule has 0 N–H and O–H groups in total. The second-order valence-electron chi connectivity index (χ2n) is 5.92. The van der Waals surface area contributed by atoms with Gasteiger partial charge in [-0.05, 0) is 35.9 Å². The molecule has 3 rings (SSSR count). The van der Waals surface area contributed by atoms with Crippen molar-refractivity contribution in [2.24, 2.45) is 0 Å². The summed E-state index contributed by atoms with van der Waals surface area (Å²) in [4.78, 5) is 16.5. The van der Waals surface area contributed by atoms with E-state index in [1.807, 2.05) is 12.1 Å². The standard InChI is InChI=1S/C19H17Cl2N3O/c20-16-6-4-14(5-7-16)18(13-22)23-8-10-24(11-9-23)19(25)15-2-1-3-17(21)12-15/h1-7,12,18H,8-11H2. The average Bonchev–Trinajstić information content (AvgIpc) is 2.64. The number of carbonyl (C=O) groups is 1. The third kappa shape index (κ3) is 4.13. The van der Waals surface area contributed by atoms with Crippen LogP contribution in [0.15, 0.2) is 48.5 Å². The summed E-state index contributed by atoms with van der Waals surface area (Å²) in [6.07, 6.45) is 0. The second kappa shape index (κ2) is 7.88. The monoisotopic (exact) mass is 373 g/mol. The molecule has 0 aliphatic carbocycles. The minimum atomic E-state index is -0.333. The Bertz CT molecular complexity index is 793. The number of piperazine rings is 1. The maximum Gasteiger partial charge on any atom is 0.253 e. The van der Waals surface area contributed by atoms with E-state index in [-0.39, 0.29) is 11.9 Å². The van der Waals surface area contributed by atoms with Crippen LogP contribution in [0, 0.1) is 11.3 Å². The van der Waals surface area contributed by atoms with Crippen molar-refractivity contribution in [3.63, 3.8) is 0 Å². The number of hydrogen-bond acceptors (Lipinski definition) is 3. The lowest BCUT2D eigenvalue weighted by molar-refractivity contribution is 0.0606. The van der Waals surface area contributed by atoms with Gasteiger partial charge in [0.05, 0.1) is 6.07 Å². The van der Waals surface area contributed by atoms with Crippen molar-refractivity contribution in [2.45, 2.75) is 6.04 Å². The molecule has 1 aliphatic heterocycles. The van der Waals surface area contributed by atoms with Gasteiger partial charge in [-0.25, -0.2) is 0 Å². The fraction of sp³-hybridized carbons (Fsp3) is 0.263. The van der Waals surface area contributed by atoms with Crippen molar-refractivity contribution in [1.29, 1.82) is 5.26 Å². The predicted octanol–water partition coefficient (Wildman–Crippen LogP) is 4.02. The summed E-state index contributed by atoms with van der Waals surface area (Å²) in [6.45, 7) is 2.45. The van der Waals surface area contributed by atoms with E-state index < -0.39 is 0 Å². The van der Waals surface area contributed by atoms with Crippen LogP contribution in [0.1, 0.15) is 22.0 Å². The van der Waals surface area contributed by atoms with E-state index in [1.165, 1.54) is 0 Å². The molecular weight excluding hydrogens is 357 g/mol. The summed E-state index contributed by atoms with van der Waals surface area (Å²) in [6, 6.07) is 16.3. The third-order valence-electron chi connectivity index (χ3n) is 4.35. The van der Waals surface area contributed by atoms with Crippen LogP contribution in [-0.2, 0) is 0 Å². The molecule has 0 saturated carbocycles. The number of rotatable bonds is 3. The van der Waals surface area contributed by atoms with Crippen LogP contribution in [0.25, 0.3) is 0 Å². The van der Waals surface area contributed by atoms with E-state index in [2.05, 4.69) is 11.0 Å². The molecule has 2 aromatic carbocycles. The van der Waals surface area contributed by atoms with Crippen molar-refractivity contribution in [3.8, 4) is 6.07 Å². The Morgan fingerprint density at radius 2 is 1.68 bits per heavy atom. The smallest absolute Gasteiger partial charge is 0.253 e. The first-order valence-electron chi connectivity index (χ1n) is 8.02. The minimum Gasteiger partial charge on any atom is -0.336 e. The van der Waals surface area contributed by atoms with Crippen LogP contribution in [0.3, 0.4) is 0 Å². The third-order valence-corrected chi connectivity index (χ3v) is 4.83. The van der Waals surface area contributed by atoms with E-state index in [1.54, 1.807) is 41.3 Å². The fourth-order valence-electron chi connectivity index (χ4n) is 3.00. The maximum atomic E-state index is 12.6. The summed E-state index contributed by atoms with van der Waals surface area (Å²) >= 11 is 11.9. The van der Waals surface area contributed by atoms with Crippen LogP contribution in [0.2, 0.25) is 10.0 Å². The zero-order valence-corrected chi connectivity index (χ0v) is 15.0. The molecule has 1 saturated heterocycles. The molecule has 1 heterocycles. The van der Waals surface area contributed by atoms with E-state index in [4.69, 9.17) is 23.2 Å². The van der Waals surface area contributed by atoms with E-state index >= 15 is 0 Å². The molecule has 1 amide bonds. The highest BCUT2D eigenvalue weighted by Crippen LogP contribution is 2.24. The molecule has 0 radical (unpaired) electrons. The minimum absolute atomic E-state index is 0.0258. The zero-order chi connectivity index (χ0) is 17.8. The van der Waals surface area contributed by atoms with Gasteiger partial charge >= 0.3 is 0 Å². The molecule has 1 atom stereocenters. The van der Waals surface area contributed by atoms with Crippen LogP contribution in [0.4, 0.5) is 0 Å². The number of amides is 1. The van der Waals surface area contributed by atoms with Crippen molar-refractivity contribution < 1.29 is 4.79 Å². The van der Waals surface area contributed by atoms with Gasteiger partial charge in [0, 0.05) is 41.8 Å². The Labute approximate surface area is 157 Å². The first-order valence-corrected chi connectivity index (χ1v) is 8.78. The van der Waals surface area contributed by atoms with Gasteiger partial charge in [-0.3, -0.25) is 9.69 Å². The molecule has 0 aromatic heterocycles. The molecule has 0 spiro atoms. The lowest BCUT2D eigenvalue weighted by Gasteiger charge is -2.37. The van der Waals surface area contributed by atoms with Gasteiger partial charge in [0.25, 0.3) is 5.91 Å². The van der Waals surface area contributed by atoms with Gasteiger partial charge in [0.2, 0.25) is 0 Å². The van der Waals surface area contributed by atoms with Crippen LogP contribution < -0.4 is 0 Å². The lowest BCUT2D eigenvalue weighted by Crippen LogP contribution is -2.49. The van der Waals surface area contributed by atoms with Crippen molar-refractivity contribution in [2.75, 3.05) is 26.2 Å². The number of carbonyl (C=O) groups excluding carboxylic acids is 1. The Morgan fingerprint density at radius 3 is 2.28 bits per heavy atom. The van der Waals surface area contributed by atoms with Crippen molar-refractivity contribution >= 4 is 29.1 Å². The van der Waals surface area contributed by atoms with Crippen molar-refractivity contribution in [1.82, 2.24) is 9.80 Å². The first-order chi connectivity index (χ1) is 12.1. The fourth-order valence-corrected chi connectivity index (χ4v) is 3.32. The quantitative estimate of drug-likeness (QED) is 0.816. The number of nitriles is 1. The van der Waals surface area contributed by atoms with Crippen LogP contribution in [-0.4, -0.2) is 41.9 Å². The summed E-state index contributed by atoms with van der Waals surface area (Å²) < 4.78 is 0. The average molecular weight is 374 g/mol. The normalized spacial score (nSPS) is 16.3. The van der Waals surface area contributed by atoms with Crippen LogP contribution >= 0.6 is 23.2 Å². The number of halogens is 2. The molecule has 1 aliphatic rings. The van der Waals surface area contributed by atoms with E-state index in [9.17, 15) is 10.1 Å². The molecule has 128 valence electrons. The predicted molar refractivity (Wildman–Crippen MR) is 98.7 cm³/mol. The van der Waals surface area contributed by atoms with Gasteiger partial charge in [-0.15, -0.1) is 0 Å². The van der Waals surface area contributed by atoms with E-state index in [0.717, 1.165) is 5.56 Å². The SMILES string of the molecule is N#CC(c1ccc(Cl)cc1)N1CCN(C(=O)c2cccc(Cl)c2)CC1. The Hall–Kier alpha value is -2.06. The number of nitrogens with zero attached hydrogens (tertiary/aromatic N) is 3. The van der Waals surface area contributed by atoms with E-state index in [0.29, 0.717) is 41.8 Å². The Balaban J connectivity index is 1.65. The molecule has 0 bridgehead atoms. The van der Waals surface area contributed by atoms with Crippen molar-refractivity contribution in [3.05, 3.63) is 69.7 Å². The summed E-state index contributed by atoms with van der Waals surface area (Å²) in [5.41, 5.74) is 1.51. The lowest BCUT2D eigenvalue weighted by atomic mass is 10.1. The highest BCUT2D eigenvalue weighted by atomic mass is 35.5. The molecule has 6 heteroatoms.